The Bertz CT molecular complexity index is 828. The van der Waals surface area contributed by atoms with E-state index in [0.29, 0.717) is 18.9 Å². The summed E-state index contributed by atoms with van der Waals surface area (Å²) in [5.41, 5.74) is 0.263. The number of rotatable bonds is 11. The topological polar surface area (TPSA) is 102 Å². The molecule has 5 unspecified atom stereocenters. The molecule has 3 heterocycles. The molecule has 7 heteroatoms. The van der Waals surface area contributed by atoms with E-state index in [2.05, 4.69) is 10.3 Å². The summed E-state index contributed by atoms with van der Waals surface area (Å²) in [6, 6.07) is 0. The number of oxazole rings is 1. The highest BCUT2D eigenvalue weighted by atomic mass is 16.5. The van der Waals surface area contributed by atoms with Crippen LogP contribution in [0.5, 0.6) is 0 Å². The molecule has 0 aromatic carbocycles. The van der Waals surface area contributed by atoms with E-state index in [4.69, 9.17) is 9.15 Å². The van der Waals surface area contributed by atoms with Crippen LogP contribution in [0.15, 0.2) is 22.8 Å². The fourth-order valence-electron chi connectivity index (χ4n) is 6.13. The van der Waals surface area contributed by atoms with Crippen LogP contribution in [0.1, 0.15) is 99.8 Å². The van der Waals surface area contributed by atoms with E-state index in [-0.39, 0.29) is 35.6 Å². The summed E-state index contributed by atoms with van der Waals surface area (Å²) < 4.78 is 11.8. The molecule has 2 bridgehead atoms. The maximum atomic E-state index is 12.6. The Morgan fingerprint density at radius 2 is 1.97 bits per heavy atom. The van der Waals surface area contributed by atoms with Gasteiger partial charge in [-0.3, -0.25) is 9.59 Å². The van der Waals surface area contributed by atoms with Crippen LogP contribution in [-0.2, 0) is 9.53 Å². The number of hydrogen-bond donors (Lipinski definition) is 2. The van der Waals surface area contributed by atoms with E-state index in [1.807, 2.05) is 19.1 Å². The van der Waals surface area contributed by atoms with Crippen molar-refractivity contribution >= 4 is 11.9 Å². The number of amides is 1. The number of unbranched alkanes of at least 4 members (excludes halogenated alkanes) is 1. The van der Waals surface area contributed by atoms with Crippen LogP contribution in [0.3, 0.4) is 0 Å². The summed E-state index contributed by atoms with van der Waals surface area (Å²) in [6.07, 6.45) is 17.4. The van der Waals surface area contributed by atoms with Crippen molar-refractivity contribution in [2.24, 2.45) is 17.8 Å². The molecule has 3 aliphatic rings. The quantitative estimate of drug-likeness (QED) is 0.354. The van der Waals surface area contributed by atoms with Crippen LogP contribution in [-0.4, -0.2) is 40.7 Å². The molecule has 1 aromatic rings. The van der Waals surface area contributed by atoms with Crippen molar-refractivity contribution < 1.29 is 23.8 Å². The Morgan fingerprint density at radius 1 is 1.18 bits per heavy atom. The third-order valence-electron chi connectivity index (χ3n) is 7.83. The Balaban J connectivity index is 1.32. The van der Waals surface area contributed by atoms with Crippen molar-refractivity contribution in [3.05, 3.63) is 30.0 Å². The molecule has 182 valence electrons. The van der Waals surface area contributed by atoms with Crippen molar-refractivity contribution in [1.82, 2.24) is 10.3 Å². The first-order valence-corrected chi connectivity index (χ1v) is 12.8. The predicted octanol–water partition coefficient (Wildman–Crippen LogP) is 5.08. The average Bonchev–Trinajstić information content (AvgIpc) is 3.56. The summed E-state index contributed by atoms with van der Waals surface area (Å²) in [7, 11) is 0. The van der Waals surface area contributed by atoms with E-state index >= 15 is 0 Å². The maximum Gasteiger partial charge on any atom is 0.307 e. The van der Waals surface area contributed by atoms with Crippen molar-refractivity contribution in [3.63, 3.8) is 0 Å². The molecule has 1 aromatic heterocycles. The molecule has 2 aliphatic heterocycles. The second-order valence-corrected chi connectivity index (χ2v) is 9.97. The average molecular weight is 459 g/mol. The minimum atomic E-state index is -0.822. The van der Waals surface area contributed by atoms with Gasteiger partial charge in [0.1, 0.15) is 6.26 Å². The zero-order chi connectivity index (χ0) is 23.2. The standard InChI is InChI=1S/C26H38N2O5/c1-2-3-12-18(26(30)31)22-20-13-14-21(33-20)23(22)25-28-19(16-32-25)24(29)27-15-8-7-11-17-9-5-4-6-10-17/h2-3,16-18,20-23H,4-15H2,1H3,(H,27,29)(H,30,31). The lowest BCUT2D eigenvalue weighted by atomic mass is 9.71. The lowest BCUT2D eigenvalue weighted by molar-refractivity contribution is -0.144. The minimum absolute atomic E-state index is 0.0956. The van der Waals surface area contributed by atoms with Gasteiger partial charge in [-0.05, 0) is 38.5 Å². The molecule has 0 radical (unpaired) electrons. The predicted molar refractivity (Wildman–Crippen MR) is 124 cm³/mol. The van der Waals surface area contributed by atoms with Crippen LogP contribution in [0.25, 0.3) is 0 Å². The molecular weight excluding hydrogens is 420 g/mol. The Morgan fingerprint density at radius 3 is 2.73 bits per heavy atom. The number of allylic oxidation sites excluding steroid dienone is 2. The fourth-order valence-corrected chi connectivity index (χ4v) is 6.13. The van der Waals surface area contributed by atoms with Gasteiger partial charge in [-0.15, -0.1) is 0 Å². The molecular formula is C26H38N2O5. The number of hydrogen-bond acceptors (Lipinski definition) is 5. The van der Waals surface area contributed by atoms with Gasteiger partial charge < -0.3 is 19.6 Å². The number of aromatic nitrogens is 1. The van der Waals surface area contributed by atoms with Crippen LogP contribution >= 0.6 is 0 Å². The number of carboxylic acid groups (broad SMARTS) is 1. The van der Waals surface area contributed by atoms with E-state index in [1.54, 1.807) is 0 Å². The summed E-state index contributed by atoms with van der Waals surface area (Å²) in [6.45, 7) is 2.53. The first-order chi connectivity index (χ1) is 16.1. The van der Waals surface area contributed by atoms with E-state index in [9.17, 15) is 14.7 Å². The lowest BCUT2D eigenvalue weighted by Crippen LogP contribution is -2.36. The van der Waals surface area contributed by atoms with Gasteiger partial charge in [0, 0.05) is 12.5 Å². The summed E-state index contributed by atoms with van der Waals surface area (Å²) >= 11 is 0. The maximum absolute atomic E-state index is 12.6. The number of nitrogens with one attached hydrogen (secondary N) is 1. The van der Waals surface area contributed by atoms with Gasteiger partial charge in [-0.25, -0.2) is 4.98 Å². The molecule has 1 aliphatic carbocycles. The van der Waals surface area contributed by atoms with Gasteiger partial charge >= 0.3 is 5.97 Å². The molecule has 7 nitrogen and oxygen atoms in total. The molecule has 1 saturated carbocycles. The second kappa shape index (κ2) is 11.3. The van der Waals surface area contributed by atoms with Gasteiger partial charge in [0.15, 0.2) is 5.69 Å². The number of carbonyl (C=O) groups excluding carboxylic acids is 1. The molecule has 0 spiro atoms. The zero-order valence-corrected chi connectivity index (χ0v) is 19.7. The largest absolute Gasteiger partial charge is 0.481 e. The first-order valence-electron chi connectivity index (χ1n) is 12.8. The fraction of sp³-hybridized carbons (Fsp3) is 0.731. The monoisotopic (exact) mass is 458 g/mol. The number of fused-ring (bicyclic) bond motifs is 2. The molecule has 2 saturated heterocycles. The van der Waals surface area contributed by atoms with E-state index in [0.717, 1.165) is 31.6 Å². The minimum Gasteiger partial charge on any atom is -0.481 e. The number of carboxylic acids is 1. The van der Waals surface area contributed by atoms with Crippen LogP contribution in [0, 0.1) is 17.8 Å². The van der Waals surface area contributed by atoms with Crippen molar-refractivity contribution in [2.45, 2.75) is 95.7 Å². The van der Waals surface area contributed by atoms with Gasteiger partial charge in [-0.1, -0.05) is 57.1 Å². The third kappa shape index (κ3) is 5.68. The van der Waals surface area contributed by atoms with Crippen LogP contribution in [0.4, 0.5) is 0 Å². The van der Waals surface area contributed by atoms with Crippen LogP contribution in [0.2, 0.25) is 0 Å². The molecule has 1 amide bonds. The Kier molecular flexibility index (Phi) is 8.23. The lowest BCUT2D eigenvalue weighted by Gasteiger charge is -2.30. The van der Waals surface area contributed by atoms with Gasteiger partial charge in [0.25, 0.3) is 5.91 Å². The van der Waals surface area contributed by atoms with E-state index in [1.165, 1.54) is 44.8 Å². The molecule has 3 fully saturated rings. The highest BCUT2D eigenvalue weighted by Gasteiger charge is 2.55. The number of carbonyl (C=O) groups is 2. The van der Waals surface area contributed by atoms with Crippen molar-refractivity contribution in [2.75, 3.05) is 6.54 Å². The number of nitrogens with zero attached hydrogens (tertiary/aromatic N) is 1. The van der Waals surface area contributed by atoms with Gasteiger partial charge in [-0.2, -0.15) is 0 Å². The van der Waals surface area contributed by atoms with Gasteiger partial charge in [0.05, 0.1) is 24.0 Å². The van der Waals surface area contributed by atoms with Crippen LogP contribution < -0.4 is 5.32 Å². The molecule has 5 atom stereocenters. The normalized spacial score (nSPS) is 28.4. The van der Waals surface area contributed by atoms with E-state index < -0.39 is 11.9 Å². The van der Waals surface area contributed by atoms with Gasteiger partial charge in [0.2, 0.25) is 5.89 Å². The highest BCUT2D eigenvalue weighted by molar-refractivity contribution is 5.91. The van der Waals surface area contributed by atoms with Crippen molar-refractivity contribution in [1.29, 1.82) is 0 Å². The second-order valence-electron chi connectivity index (χ2n) is 9.97. The summed E-state index contributed by atoms with van der Waals surface area (Å²) in [5, 5.41) is 12.8. The highest BCUT2D eigenvalue weighted by Crippen LogP contribution is 2.52. The molecule has 2 N–H and O–H groups in total. The first kappa shape index (κ1) is 24.0. The zero-order valence-electron chi connectivity index (χ0n) is 19.7. The summed E-state index contributed by atoms with van der Waals surface area (Å²) in [5.74, 6) is -0.744. The third-order valence-corrected chi connectivity index (χ3v) is 7.83. The number of aliphatic carboxylic acids is 1. The Labute approximate surface area is 196 Å². The number of ether oxygens (including phenoxy) is 1. The summed E-state index contributed by atoms with van der Waals surface area (Å²) in [4.78, 5) is 29.1. The molecule has 4 rings (SSSR count). The molecule has 33 heavy (non-hydrogen) atoms. The SMILES string of the molecule is CC=CCC(C(=O)O)C1C2CCC(O2)C1c1nc(C(=O)NCCCCC2CCCCC2)co1. The van der Waals surface area contributed by atoms with Crippen molar-refractivity contribution in [3.8, 4) is 0 Å². The smallest absolute Gasteiger partial charge is 0.307 e. The Hall–Kier alpha value is -2.15.